The molecule has 80 valence electrons. The van der Waals surface area contributed by atoms with Gasteiger partial charge in [0, 0.05) is 36.6 Å². The summed E-state index contributed by atoms with van der Waals surface area (Å²) in [5, 5.41) is 6.21. The second kappa shape index (κ2) is 6.40. The summed E-state index contributed by atoms with van der Waals surface area (Å²) in [6, 6.07) is 2.48. The van der Waals surface area contributed by atoms with Crippen LogP contribution in [-0.2, 0) is 11.3 Å². The number of ether oxygens (including phenoxy) is 1. The molecule has 0 aliphatic carbocycles. The van der Waals surface area contributed by atoms with Crippen molar-refractivity contribution in [2.75, 3.05) is 13.7 Å². The lowest BCUT2D eigenvalue weighted by Crippen LogP contribution is -2.26. The fraction of sp³-hybridized carbons (Fsp3) is 0.600. The predicted octanol–water partition coefficient (Wildman–Crippen LogP) is 2.92. The van der Waals surface area contributed by atoms with Crippen LogP contribution in [0.15, 0.2) is 11.4 Å². The van der Waals surface area contributed by atoms with Crippen LogP contribution in [0.25, 0.3) is 0 Å². The number of methoxy groups -OCH3 is 1. The van der Waals surface area contributed by atoms with Crippen LogP contribution in [0.2, 0.25) is 5.02 Å². The Kier molecular flexibility index (Phi) is 5.48. The van der Waals surface area contributed by atoms with Gasteiger partial charge in [-0.05, 0) is 19.4 Å². The lowest BCUT2D eigenvalue weighted by molar-refractivity contribution is 0.185. The Morgan fingerprint density at radius 3 is 3.00 bits per heavy atom. The minimum Gasteiger partial charge on any atom is -0.385 e. The third kappa shape index (κ3) is 4.42. The molecule has 1 N–H and O–H groups in total. The molecular weight excluding hydrogens is 218 g/mol. The largest absolute Gasteiger partial charge is 0.385 e. The third-order valence-corrected chi connectivity index (χ3v) is 3.29. The molecule has 1 aromatic rings. The van der Waals surface area contributed by atoms with Crippen molar-refractivity contribution in [3.05, 3.63) is 21.3 Å². The number of hydrogen-bond acceptors (Lipinski definition) is 3. The minimum atomic E-state index is 0.482. The summed E-state index contributed by atoms with van der Waals surface area (Å²) in [4.78, 5) is 1.28. The van der Waals surface area contributed by atoms with Crippen molar-refractivity contribution in [2.45, 2.75) is 25.9 Å². The zero-order chi connectivity index (χ0) is 10.4. The smallest absolute Gasteiger partial charge is 0.0516 e. The fourth-order valence-corrected chi connectivity index (χ4v) is 2.14. The van der Waals surface area contributed by atoms with Gasteiger partial charge < -0.3 is 10.1 Å². The average molecular weight is 234 g/mol. The topological polar surface area (TPSA) is 21.3 Å². The molecule has 4 heteroatoms. The predicted molar refractivity (Wildman–Crippen MR) is 62.1 cm³/mol. The summed E-state index contributed by atoms with van der Waals surface area (Å²) < 4.78 is 5.01. The molecule has 14 heavy (non-hydrogen) atoms. The minimum absolute atomic E-state index is 0.482. The van der Waals surface area contributed by atoms with E-state index in [4.69, 9.17) is 16.3 Å². The van der Waals surface area contributed by atoms with Crippen molar-refractivity contribution in [1.29, 1.82) is 0 Å². The molecule has 1 rings (SSSR count). The molecule has 0 saturated heterocycles. The lowest BCUT2D eigenvalue weighted by atomic mass is 10.2. The maximum Gasteiger partial charge on any atom is 0.0516 e. The van der Waals surface area contributed by atoms with E-state index in [1.165, 1.54) is 4.88 Å². The van der Waals surface area contributed by atoms with Crippen LogP contribution in [0.4, 0.5) is 0 Å². The maximum atomic E-state index is 5.82. The molecule has 0 bridgehead atoms. The molecule has 0 spiro atoms. The van der Waals surface area contributed by atoms with Crippen molar-refractivity contribution in [3.8, 4) is 0 Å². The Bertz CT molecular complexity index is 264. The Morgan fingerprint density at radius 2 is 2.43 bits per heavy atom. The van der Waals surface area contributed by atoms with Crippen LogP contribution in [0.3, 0.4) is 0 Å². The highest BCUT2D eigenvalue weighted by molar-refractivity contribution is 7.10. The van der Waals surface area contributed by atoms with E-state index in [1.807, 2.05) is 11.4 Å². The van der Waals surface area contributed by atoms with Crippen LogP contribution in [0.5, 0.6) is 0 Å². The van der Waals surface area contributed by atoms with Gasteiger partial charge in [-0.15, -0.1) is 11.3 Å². The first-order valence-electron chi connectivity index (χ1n) is 4.67. The molecule has 0 fully saturated rings. The van der Waals surface area contributed by atoms with Crippen LogP contribution >= 0.6 is 22.9 Å². The zero-order valence-corrected chi connectivity index (χ0v) is 10.1. The van der Waals surface area contributed by atoms with Crippen LogP contribution in [-0.4, -0.2) is 19.8 Å². The first kappa shape index (κ1) is 12.0. The van der Waals surface area contributed by atoms with Gasteiger partial charge in [0.1, 0.15) is 0 Å². The molecule has 0 aromatic carbocycles. The van der Waals surface area contributed by atoms with Gasteiger partial charge in [0.2, 0.25) is 0 Å². The highest BCUT2D eigenvalue weighted by atomic mass is 35.5. The van der Waals surface area contributed by atoms with Gasteiger partial charge in [0.25, 0.3) is 0 Å². The number of nitrogens with one attached hydrogen (secondary N) is 1. The van der Waals surface area contributed by atoms with E-state index in [1.54, 1.807) is 18.4 Å². The van der Waals surface area contributed by atoms with E-state index in [0.717, 1.165) is 24.6 Å². The molecule has 1 aromatic heterocycles. The summed E-state index contributed by atoms with van der Waals surface area (Å²) >= 11 is 7.51. The Hall–Kier alpha value is -0.0900. The second-order valence-electron chi connectivity index (χ2n) is 3.29. The van der Waals surface area contributed by atoms with E-state index in [9.17, 15) is 0 Å². The molecule has 1 heterocycles. The van der Waals surface area contributed by atoms with Gasteiger partial charge in [0.15, 0.2) is 0 Å². The summed E-state index contributed by atoms with van der Waals surface area (Å²) in [6.45, 7) is 3.86. The van der Waals surface area contributed by atoms with E-state index < -0.39 is 0 Å². The van der Waals surface area contributed by atoms with E-state index in [2.05, 4.69) is 12.2 Å². The number of halogens is 1. The summed E-state index contributed by atoms with van der Waals surface area (Å²) in [5.74, 6) is 0. The molecule has 0 aliphatic rings. The van der Waals surface area contributed by atoms with E-state index in [-0.39, 0.29) is 0 Å². The third-order valence-electron chi connectivity index (χ3n) is 2.00. The fourth-order valence-electron chi connectivity index (χ4n) is 1.12. The molecule has 1 unspecified atom stereocenters. The normalized spacial score (nSPS) is 13.1. The average Bonchev–Trinajstić information content (AvgIpc) is 2.58. The lowest BCUT2D eigenvalue weighted by Gasteiger charge is -2.11. The first-order chi connectivity index (χ1) is 6.72. The van der Waals surface area contributed by atoms with Crippen LogP contribution in [0.1, 0.15) is 18.2 Å². The van der Waals surface area contributed by atoms with Crippen molar-refractivity contribution >= 4 is 22.9 Å². The van der Waals surface area contributed by atoms with Gasteiger partial charge >= 0.3 is 0 Å². The van der Waals surface area contributed by atoms with Gasteiger partial charge in [-0.2, -0.15) is 0 Å². The number of rotatable bonds is 6. The quantitative estimate of drug-likeness (QED) is 0.816. The van der Waals surface area contributed by atoms with Gasteiger partial charge in [-0.1, -0.05) is 11.6 Å². The summed E-state index contributed by atoms with van der Waals surface area (Å²) in [5.41, 5.74) is 0. The first-order valence-corrected chi connectivity index (χ1v) is 5.93. The maximum absolute atomic E-state index is 5.82. The highest BCUT2D eigenvalue weighted by Gasteiger charge is 2.02. The SMILES string of the molecule is COCCC(C)NCc1cc(Cl)cs1. The van der Waals surface area contributed by atoms with E-state index >= 15 is 0 Å². The molecule has 0 aliphatic heterocycles. The highest BCUT2D eigenvalue weighted by Crippen LogP contribution is 2.18. The molecule has 2 nitrogen and oxygen atoms in total. The molecule has 0 radical (unpaired) electrons. The number of hydrogen-bond donors (Lipinski definition) is 1. The van der Waals surface area contributed by atoms with Crippen molar-refractivity contribution in [1.82, 2.24) is 5.32 Å². The molecule has 1 atom stereocenters. The van der Waals surface area contributed by atoms with Crippen molar-refractivity contribution in [2.24, 2.45) is 0 Å². The second-order valence-corrected chi connectivity index (χ2v) is 4.73. The summed E-state index contributed by atoms with van der Waals surface area (Å²) in [7, 11) is 1.73. The van der Waals surface area contributed by atoms with E-state index in [0.29, 0.717) is 6.04 Å². The Morgan fingerprint density at radius 1 is 1.64 bits per heavy atom. The van der Waals surface area contributed by atoms with Crippen molar-refractivity contribution in [3.63, 3.8) is 0 Å². The van der Waals surface area contributed by atoms with Crippen LogP contribution in [0, 0.1) is 0 Å². The van der Waals surface area contributed by atoms with Gasteiger partial charge in [-0.3, -0.25) is 0 Å². The Labute approximate surface area is 94.2 Å². The molecule has 0 amide bonds. The van der Waals surface area contributed by atoms with Gasteiger partial charge in [-0.25, -0.2) is 0 Å². The molecule has 0 saturated carbocycles. The van der Waals surface area contributed by atoms with Crippen LogP contribution < -0.4 is 5.32 Å². The van der Waals surface area contributed by atoms with Gasteiger partial charge in [0.05, 0.1) is 5.02 Å². The standard InChI is InChI=1S/C10H16ClNOS/c1-8(3-4-13-2)12-6-10-5-9(11)7-14-10/h5,7-8,12H,3-4,6H2,1-2H3. The monoisotopic (exact) mass is 233 g/mol. The molecular formula is C10H16ClNOS. The number of thiophene rings is 1. The summed E-state index contributed by atoms with van der Waals surface area (Å²) in [6.07, 6.45) is 1.04. The zero-order valence-electron chi connectivity index (χ0n) is 8.55. The van der Waals surface area contributed by atoms with Crippen molar-refractivity contribution < 1.29 is 4.74 Å². The Balaban J connectivity index is 2.20.